The van der Waals surface area contributed by atoms with Crippen LogP contribution in [0.5, 0.6) is 0 Å². The minimum atomic E-state index is -0.999. The summed E-state index contributed by atoms with van der Waals surface area (Å²) in [6.45, 7) is 8.42. The van der Waals surface area contributed by atoms with E-state index in [1.165, 1.54) is 11.3 Å². The Kier molecular flexibility index (Phi) is 6.24. The molecule has 4 N–H and O–H groups in total. The molecule has 3 aromatic rings. The minimum Gasteiger partial charge on any atom is -0.383 e. The SMILES string of the molecule is Cc1cc(Nc2nccc(C(C)(C)C)n2)cc(-c2cnc([C@]3(O)CC[C@@H](C(N)=O)CC3)s2)c1. The van der Waals surface area contributed by atoms with E-state index in [1.54, 1.807) is 6.20 Å². The minimum absolute atomic E-state index is 0.0625. The zero-order valence-corrected chi connectivity index (χ0v) is 20.4. The predicted octanol–water partition coefficient (Wildman–Crippen LogP) is 4.81. The Labute approximate surface area is 198 Å². The van der Waals surface area contributed by atoms with Crippen molar-refractivity contribution in [3.8, 4) is 10.4 Å². The third-order valence-corrected chi connectivity index (χ3v) is 7.40. The Bertz CT molecular complexity index is 1160. The molecule has 174 valence electrons. The summed E-state index contributed by atoms with van der Waals surface area (Å²) in [5.41, 5.74) is 8.36. The lowest BCUT2D eigenvalue weighted by atomic mass is 9.79. The maximum atomic E-state index is 11.5. The summed E-state index contributed by atoms with van der Waals surface area (Å²) in [6, 6.07) is 8.14. The fraction of sp³-hybridized carbons (Fsp3) is 0.440. The van der Waals surface area contributed by atoms with E-state index < -0.39 is 5.60 Å². The van der Waals surface area contributed by atoms with Crippen LogP contribution in [-0.2, 0) is 15.8 Å². The number of hydrogen-bond donors (Lipinski definition) is 3. The van der Waals surface area contributed by atoms with E-state index in [1.807, 2.05) is 25.3 Å². The van der Waals surface area contributed by atoms with Crippen LogP contribution >= 0.6 is 11.3 Å². The van der Waals surface area contributed by atoms with Gasteiger partial charge < -0.3 is 16.2 Å². The van der Waals surface area contributed by atoms with Crippen molar-refractivity contribution >= 4 is 28.9 Å². The molecule has 7 nitrogen and oxygen atoms in total. The molecule has 2 aromatic heterocycles. The topological polar surface area (TPSA) is 114 Å². The molecule has 0 saturated heterocycles. The van der Waals surface area contributed by atoms with Gasteiger partial charge in [0.25, 0.3) is 0 Å². The first-order valence-electron chi connectivity index (χ1n) is 11.2. The van der Waals surface area contributed by atoms with E-state index in [4.69, 9.17) is 5.73 Å². The second-order valence-electron chi connectivity index (χ2n) is 9.97. The number of thiazole rings is 1. The Balaban J connectivity index is 1.56. The molecule has 0 unspecified atom stereocenters. The van der Waals surface area contributed by atoms with Gasteiger partial charge in [0.1, 0.15) is 10.6 Å². The third kappa shape index (κ3) is 5.23. The number of carbonyl (C=O) groups is 1. The van der Waals surface area contributed by atoms with Crippen LogP contribution in [0.15, 0.2) is 36.7 Å². The number of aryl methyl sites for hydroxylation is 1. The van der Waals surface area contributed by atoms with Gasteiger partial charge in [-0.1, -0.05) is 26.8 Å². The first kappa shape index (κ1) is 23.3. The molecule has 0 bridgehead atoms. The number of anilines is 2. The molecule has 1 aliphatic carbocycles. The number of aliphatic hydroxyl groups is 1. The molecule has 1 fully saturated rings. The van der Waals surface area contributed by atoms with Crippen molar-refractivity contribution in [2.24, 2.45) is 11.7 Å². The summed E-state index contributed by atoms with van der Waals surface area (Å²) < 4.78 is 0. The second kappa shape index (κ2) is 8.83. The average molecular weight is 466 g/mol. The molecular weight excluding hydrogens is 434 g/mol. The van der Waals surface area contributed by atoms with Crippen LogP contribution < -0.4 is 11.1 Å². The van der Waals surface area contributed by atoms with Gasteiger partial charge in [-0.2, -0.15) is 0 Å². The lowest BCUT2D eigenvalue weighted by molar-refractivity contribution is -0.124. The van der Waals surface area contributed by atoms with Crippen molar-refractivity contribution < 1.29 is 9.90 Å². The number of nitrogens with one attached hydrogen (secondary N) is 1. The van der Waals surface area contributed by atoms with Crippen LogP contribution in [0.4, 0.5) is 11.6 Å². The van der Waals surface area contributed by atoms with Gasteiger partial charge in [0.05, 0.1) is 10.6 Å². The van der Waals surface area contributed by atoms with Crippen molar-refractivity contribution in [3.63, 3.8) is 0 Å². The highest BCUT2D eigenvalue weighted by Gasteiger charge is 2.38. The summed E-state index contributed by atoms with van der Waals surface area (Å²) in [5, 5.41) is 15.2. The van der Waals surface area contributed by atoms with Gasteiger partial charge in [0.2, 0.25) is 11.9 Å². The quantitative estimate of drug-likeness (QED) is 0.498. The Hall–Kier alpha value is -2.84. The largest absolute Gasteiger partial charge is 0.383 e. The first-order valence-corrected chi connectivity index (χ1v) is 12.1. The molecule has 33 heavy (non-hydrogen) atoms. The normalized spacial score (nSPS) is 21.1. The zero-order valence-electron chi connectivity index (χ0n) is 19.6. The Morgan fingerprint density at radius 3 is 2.61 bits per heavy atom. The summed E-state index contributed by atoms with van der Waals surface area (Å²) >= 11 is 1.49. The summed E-state index contributed by atoms with van der Waals surface area (Å²) in [7, 11) is 0. The molecule has 1 saturated carbocycles. The number of aromatic nitrogens is 3. The lowest BCUT2D eigenvalue weighted by Crippen LogP contribution is -2.35. The van der Waals surface area contributed by atoms with Gasteiger partial charge in [-0.3, -0.25) is 4.79 Å². The van der Waals surface area contributed by atoms with Crippen molar-refractivity contribution in [1.29, 1.82) is 0 Å². The van der Waals surface area contributed by atoms with Gasteiger partial charge >= 0.3 is 0 Å². The second-order valence-corrected chi connectivity index (χ2v) is 11.0. The molecule has 1 aliphatic rings. The van der Waals surface area contributed by atoms with E-state index in [-0.39, 0.29) is 17.2 Å². The molecule has 0 spiro atoms. The first-order chi connectivity index (χ1) is 15.5. The maximum Gasteiger partial charge on any atom is 0.227 e. The molecule has 1 amide bonds. The lowest BCUT2D eigenvalue weighted by Gasteiger charge is -2.33. The van der Waals surface area contributed by atoms with E-state index in [0.717, 1.165) is 27.4 Å². The maximum absolute atomic E-state index is 11.5. The average Bonchev–Trinajstić information content (AvgIpc) is 3.25. The number of amides is 1. The molecule has 0 radical (unpaired) electrons. The standard InChI is InChI=1S/C25H31N5O2S/c1-15-11-17(13-18(12-15)29-23-27-10-7-20(30-23)24(2,3)4)19-14-28-22(33-19)25(32)8-5-16(6-9-25)21(26)31/h7,10-14,16,32H,5-6,8-9H2,1-4H3,(H2,26,31)(H,27,29,30)/t16-,25+. The van der Waals surface area contributed by atoms with Crippen LogP contribution in [0.2, 0.25) is 0 Å². The molecule has 0 atom stereocenters. The Morgan fingerprint density at radius 1 is 1.21 bits per heavy atom. The van der Waals surface area contributed by atoms with Crippen molar-refractivity contribution in [3.05, 3.63) is 52.9 Å². The number of primary amides is 1. The molecular formula is C25H31N5O2S. The highest BCUT2D eigenvalue weighted by Crippen LogP contribution is 2.42. The van der Waals surface area contributed by atoms with Crippen molar-refractivity contribution in [1.82, 2.24) is 15.0 Å². The number of carbonyl (C=O) groups excluding carboxylic acids is 1. The number of nitrogens with two attached hydrogens (primary N) is 1. The monoisotopic (exact) mass is 465 g/mol. The third-order valence-electron chi connectivity index (χ3n) is 6.16. The van der Waals surface area contributed by atoms with Crippen LogP contribution in [0, 0.1) is 12.8 Å². The molecule has 8 heteroatoms. The number of rotatable bonds is 5. The highest BCUT2D eigenvalue weighted by molar-refractivity contribution is 7.15. The molecule has 2 heterocycles. The highest BCUT2D eigenvalue weighted by atomic mass is 32.1. The molecule has 1 aromatic carbocycles. The predicted molar refractivity (Wildman–Crippen MR) is 131 cm³/mol. The number of benzene rings is 1. The van der Waals surface area contributed by atoms with Crippen molar-refractivity contribution in [2.75, 3.05) is 5.32 Å². The molecule has 0 aliphatic heterocycles. The van der Waals surface area contributed by atoms with E-state index in [9.17, 15) is 9.90 Å². The van der Waals surface area contributed by atoms with E-state index in [2.05, 4.69) is 53.2 Å². The van der Waals surface area contributed by atoms with Gasteiger partial charge in [-0.15, -0.1) is 11.3 Å². The summed E-state index contributed by atoms with van der Waals surface area (Å²) in [5.74, 6) is 0.118. The van der Waals surface area contributed by atoms with E-state index >= 15 is 0 Å². The number of nitrogens with zero attached hydrogens (tertiary/aromatic N) is 3. The van der Waals surface area contributed by atoms with Gasteiger partial charge in [-0.25, -0.2) is 15.0 Å². The number of hydrogen-bond acceptors (Lipinski definition) is 7. The van der Waals surface area contributed by atoms with Crippen LogP contribution in [0.3, 0.4) is 0 Å². The zero-order chi connectivity index (χ0) is 23.8. The van der Waals surface area contributed by atoms with Crippen LogP contribution in [-0.4, -0.2) is 26.0 Å². The van der Waals surface area contributed by atoms with Gasteiger partial charge in [0.15, 0.2) is 0 Å². The van der Waals surface area contributed by atoms with Crippen LogP contribution in [0.1, 0.15) is 62.7 Å². The van der Waals surface area contributed by atoms with Gasteiger partial charge in [-0.05, 0) is 61.9 Å². The molecule has 4 rings (SSSR count). The smallest absolute Gasteiger partial charge is 0.227 e. The fourth-order valence-corrected chi connectivity index (χ4v) is 5.23. The van der Waals surface area contributed by atoms with Crippen molar-refractivity contribution in [2.45, 2.75) is 64.4 Å². The summed E-state index contributed by atoms with van der Waals surface area (Å²) in [6.07, 6.45) is 5.76. The van der Waals surface area contributed by atoms with E-state index in [0.29, 0.717) is 36.6 Å². The summed E-state index contributed by atoms with van der Waals surface area (Å²) in [4.78, 5) is 26.0. The van der Waals surface area contributed by atoms with Crippen LogP contribution in [0.25, 0.3) is 10.4 Å². The fourth-order valence-electron chi connectivity index (χ4n) is 4.18. The van der Waals surface area contributed by atoms with Gasteiger partial charge in [0, 0.05) is 29.4 Å². The Morgan fingerprint density at radius 2 is 1.94 bits per heavy atom.